The SMILES string of the molecule is CCC(=O)Nc1ccc2c(c1)nc(CCNC(=O)c1ccccc1F)n2C. The van der Waals surface area contributed by atoms with E-state index < -0.39 is 11.7 Å². The van der Waals surface area contributed by atoms with Gasteiger partial charge in [-0.05, 0) is 30.3 Å². The van der Waals surface area contributed by atoms with Crippen molar-refractivity contribution in [2.24, 2.45) is 7.05 Å². The van der Waals surface area contributed by atoms with Crippen molar-refractivity contribution in [3.8, 4) is 0 Å². The summed E-state index contributed by atoms with van der Waals surface area (Å²) in [5, 5.41) is 5.53. The largest absolute Gasteiger partial charge is 0.351 e. The second kappa shape index (κ2) is 7.99. The zero-order valence-corrected chi connectivity index (χ0v) is 15.3. The fraction of sp³-hybridized carbons (Fsp3) is 0.250. The summed E-state index contributed by atoms with van der Waals surface area (Å²) in [4.78, 5) is 28.2. The molecule has 140 valence electrons. The molecule has 0 atom stereocenters. The highest BCUT2D eigenvalue weighted by Gasteiger charge is 2.12. The quantitative estimate of drug-likeness (QED) is 0.702. The highest BCUT2D eigenvalue weighted by Crippen LogP contribution is 2.20. The van der Waals surface area contributed by atoms with Crippen molar-refractivity contribution in [1.82, 2.24) is 14.9 Å². The smallest absolute Gasteiger partial charge is 0.254 e. The topological polar surface area (TPSA) is 76.0 Å². The number of nitrogens with zero attached hydrogens (tertiary/aromatic N) is 2. The third kappa shape index (κ3) is 4.13. The minimum atomic E-state index is -0.542. The number of aryl methyl sites for hydroxylation is 1. The summed E-state index contributed by atoms with van der Waals surface area (Å²) in [7, 11) is 1.90. The minimum Gasteiger partial charge on any atom is -0.351 e. The molecule has 0 aliphatic heterocycles. The molecular formula is C20H21FN4O2. The van der Waals surface area contributed by atoms with Gasteiger partial charge in [-0.15, -0.1) is 0 Å². The predicted molar refractivity (Wildman–Crippen MR) is 102 cm³/mol. The number of halogens is 1. The third-order valence-corrected chi connectivity index (χ3v) is 4.33. The van der Waals surface area contributed by atoms with Gasteiger partial charge < -0.3 is 15.2 Å². The third-order valence-electron chi connectivity index (χ3n) is 4.33. The lowest BCUT2D eigenvalue weighted by Gasteiger charge is -2.06. The Morgan fingerprint density at radius 2 is 1.96 bits per heavy atom. The number of carbonyl (C=O) groups is 2. The summed E-state index contributed by atoms with van der Waals surface area (Å²) < 4.78 is 15.6. The molecule has 3 rings (SSSR count). The van der Waals surface area contributed by atoms with Gasteiger partial charge in [0.25, 0.3) is 5.91 Å². The van der Waals surface area contributed by atoms with Gasteiger partial charge in [-0.25, -0.2) is 9.37 Å². The van der Waals surface area contributed by atoms with Gasteiger partial charge in [0, 0.05) is 32.1 Å². The number of aromatic nitrogens is 2. The first-order valence-corrected chi connectivity index (χ1v) is 8.77. The first kappa shape index (κ1) is 18.6. The van der Waals surface area contributed by atoms with Gasteiger partial charge in [0.05, 0.1) is 16.6 Å². The van der Waals surface area contributed by atoms with Crippen LogP contribution in [-0.4, -0.2) is 27.9 Å². The number of carbonyl (C=O) groups excluding carboxylic acids is 2. The van der Waals surface area contributed by atoms with Gasteiger partial charge in [-0.1, -0.05) is 19.1 Å². The number of imidazole rings is 1. The molecule has 2 aromatic carbocycles. The minimum absolute atomic E-state index is 0.0267. The van der Waals surface area contributed by atoms with Crippen molar-refractivity contribution in [2.45, 2.75) is 19.8 Å². The van der Waals surface area contributed by atoms with Crippen molar-refractivity contribution in [3.63, 3.8) is 0 Å². The van der Waals surface area contributed by atoms with E-state index in [0.29, 0.717) is 25.1 Å². The fourth-order valence-corrected chi connectivity index (χ4v) is 2.83. The lowest BCUT2D eigenvalue weighted by Crippen LogP contribution is -2.27. The van der Waals surface area contributed by atoms with Crippen LogP contribution >= 0.6 is 0 Å². The molecule has 0 fully saturated rings. The van der Waals surface area contributed by atoms with Gasteiger partial charge in [0.1, 0.15) is 11.6 Å². The predicted octanol–water partition coefficient (Wildman–Crippen LogP) is 3.03. The van der Waals surface area contributed by atoms with Crippen molar-refractivity contribution < 1.29 is 14.0 Å². The van der Waals surface area contributed by atoms with Crippen molar-refractivity contribution >= 4 is 28.5 Å². The second-order valence-corrected chi connectivity index (χ2v) is 6.18. The molecule has 7 heteroatoms. The van der Waals surface area contributed by atoms with Crippen molar-refractivity contribution in [1.29, 1.82) is 0 Å². The molecule has 27 heavy (non-hydrogen) atoms. The number of anilines is 1. The number of amides is 2. The average molecular weight is 368 g/mol. The van der Waals surface area contributed by atoms with Crippen molar-refractivity contribution in [2.75, 3.05) is 11.9 Å². The summed E-state index contributed by atoms with van der Waals surface area (Å²) in [6.45, 7) is 2.13. The normalized spacial score (nSPS) is 10.8. The molecule has 0 spiro atoms. The van der Waals surface area contributed by atoms with Crippen LogP contribution in [0.3, 0.4) is 0 Å². The highest BCUT2D eigenvalue weighted by atomic mass is 19.1. The number of hydrogen-bond donors (Lipinski definition) is 2. The second-order valence-electron chi connectivity index (χ2n) is 6.18. The summed E-state index contributed by atoms with van der Waals surface area (Å²) in [5.74, 6) is -0.255. The number of fused-ring (bicyclic) bond motifs is 1. The van der Waals surface area contributed by atoms with E-state index in [-0.39, 0.29) is 11.5 Å². The van der Waals surface area contributed by atoms with E-state index >= 15 is 0 Å². The maximum atomic E-state index is 13.6. The van der Waals surface area contributed by atoms with E-state index in [1.54, 1.807) is 19.1 Å². The number of benzene rings is 2. The van der Waals surface area contributed by atoms with Gasteiger partial charge in [0.2, 0.25) is 5.91 Å². The summed E-state index contributed by atoms with van der Waals surface area (Å²) in [5.41, 5.74) is 2.42. The van der Waals surface area contributed by atoms with Gasteiger partial charge in [0.15, 0.2) is 0 Å². The molecule has 0 unspecified atom stereocenters. The zero-order valence-electron chi connectivity index (χ0n) is 15.3. The number of nitrogens with one attached hydrogen (secondary N) is 2. The Kier molecular flexibility index (Phi) is 5.49. The van der Waals surface area contributed by atoms with Crippen LogP contribution in [0, 0.1) is 5.82 Å². The maximum Gasteiger partial charge on any atom is 0.254 e. The monoisotopic (exact) mass is 368 g/mol. The Bertz CT molecular complexity index is 997. The molecule has 0 aliphatic carbocycles. The van der Waals surface area contributed by atoms with E-state index in [2.05, 4.69) is 15.6 Å². The molecule has 1 heterocycles. The molecule has 0 radical (unpaired) electrons. The van der Waals surface area contributed by atoms with Crippen molar-refractivity contribution in [3.05, 3.63) is 59.7 Å². The molecule has 1 aromatic heterocycles. The zero-order chi connectivity index (χ0) is 19.4. The van der Waals surface area contributed by atoms with E-state index in [9.17, 15) is 14.0 Å². The van der Waals surface area contributed by atoms with Gasteiger partial charge in [-0.2, -0.15) is 0 Å². The Balaban J connectivity index is 1.68. The first-order valence-electron chi connectivity index (χ1n) is 8.77. The molecule has 3 aromatic rings. The molecule has 6 nitrogen and oxygen atoms in total. The molecule has 0 aliphatic rings. The van der Waals surface area contributed by atoms with Crippen LogP contribution in [0.4, 0.5) is 10.1 Å². The highest BCUT2D eigenvalue weighted by molar-refractivity contribution is 5.94. The number of rotatable bonds is 6. The van der Waals surface area contributed by atoms with E-state index in [1.807, 2.05) is 29.8 Å². The van der Waals surface area contributed by atoms with Gasteiger partial charge in [-0.3, -0.25) is 9.59 Å². The Morgan fingerprint density at radius 1 is 1.19 bits per heavy atom. The lowest BCUT2D eigenvalue weighted by atomic mass is 10.2. The van der Waals surface area contributed by atoms with Crippen LogP contribution in [-0.2, 0) is 18.3 Å². The fourth-order valence-electron chi connectivity index (χ4n) is 2.83. The van der Waals surface area contributed by atoms with Crippen LogP contribution in [0.5, 0.6) is 0 Å². The summed E-state index contributed by atoms with van der Waals surface area (Å²) >= 11 is 0. The average Bonchev–Trinajstić information content (AvgIpc) is 2.97. The first-order chi connectivity index (χ1) is 13.0. The molecular weight excluding hydrogens is 347 g/mol. The van der Waals surface area contributed by atoms with E-state index in [0.717, 1.165) is 16.9 Å². The Morgan fingerprint density at radius 3 is 2.70 bits per heavy atom. The van der Waals surface area contributed by atoms with Gasteiger partial charge >= 0.3 is 0 Å². The number of hydrogen-bond acceptors (Lipinski definition) is 3. The molecule has 0 bridgehead atoms. The molecule has 0 saturated carbocycles. The Hall–Kier alpha value is -3.22. The summed E-state index contributed by atoms with van der Waals surface area (Å²) in [6.07, 6.45) is 0.912. The standard InChI is InChI=1S/C20H21FN4O2/c1-3-19(26)23-13-8-9-17-16(12-13)24-18(25(17)2)10-11-22-20(27)14-6-4-5-7-15(14)21/h4-9,12H,3,10-11H2,1-2H3,(H,22,27)(H,23,26). The van der Waals surface area contributed by atoms with Crippen LogP contribution in [0.25, 0.3) is 11.0 Å². The maximum absolute atomic E-state index is 13.6. The summed E-state index contributed by atoms with van der Waals surface area (Å²) in [6, 6.07) is 11.4. The molecule has 2 N–H and O–H groups in total. The van der Waals surface area contributed by atoms with Crippen LogP contribution in [0.1, 0.15) is 29.5 Å². The van der Waals surface area contributed by atoms with Crippen LogP contribution in [0.15, 0.2) is 42.5 Å². The molecule has 0 saturated heterocycles. The van der Waals surface area contributed by atoms with E-state index in [4.69, 9.17) is 0 Å². The Labute approximate surface area is 156 Å². The van der Waals surface area contributed by atoms with Crippen LogP contribution in [0.2, 0.25) is 0 Å². The van der Waals surface area contributed by atoms with E-state index in [1.165, 1.54) is 12.1 Å². The van der Waals surface area contributed by atoms with Crippen LogP contribution < -0.4 is 10.6 Å². The lowest BCUT2D eigenvalue weighted by molar-refractivity contribution is -0.115. The molecule has 2 amide bonds.